The molecule has 5 nitrogen and oxygen atoms in total. The number of rotatable bonds is 3. The summed E-state index contributed by atoms with van der Waals surface area (Å²) >= 11 is 0. The first-order chi connectivity index (χ1) is 9.06. The Hall–Kier alpha value is -1.88. The van der Waals surface area contributed by atoms with Crippen molar-refractivity contribution < 1.29 is 19.1 Å². The number of ether oxygens (including phenoxy) is 2. The number of carbonyl (C=O) groups excluding carboxylic acids is 2. The smallest absolute Gasteiger partial charge is 0.302 e. The standard InChI is InChI=1S/C14H17NO4/c1-9(16)15-13(8-19-10(2)17)11-6-4-5-7-12(11)14(15)18-3/h4-7,13-14H,8H2,1-3H3/t13-,14?/m1/s1. The topological polar surface area (TPSA) is 55.8 Å². The van der Waals surface area contributed by atoms with Gasteiger partial charge in [0.15, 0.2) is 6.23 Å². The summed E-state index contributed by atoms with van der Waals surface area (Å²) in [6.07, 6.45) is -0.422. The maximum Gasteiger partial charge on any atom is 0.302 e. The van der Waals surface area contributed by atoms with Gasteiger partial charge < -0.3 is 14.4 Å². The quantitative estimate of drug-likeness (QED) is 0.780. The minimum absolute atomic E-state index is 0.111. The second kappa shape index (κ2) is 5.40. The van der Waals surface area contributed by atoms with Gasteiger partial charge in [-0.3, -0.25) is 9.59 Å². The van der Waals surface area contributed by atoms with Gasteiger partial charge in [0.2, 0.25) is 5.91 Å². The number of fused-ring (bicyclic) bond motifs is 1. The maximum absolute atomic E-state index is 11.8. The van der Waals surface area contributed by atoms with Crippen molar-refractivity contribution in [1.29, 1.82) is 0 Å². The first-order valence-corrected chi connectivity index (χ1v) is 6.10. The molecule has 1 amide bonds. The average molecular weight is 263 g/mol. The van der Waals surface area contributed by atoms with Gasteiger partial charge in [-0.25, -0.2) is 0 Å². The highest BCUT2D eigenvalue weighted by Gasteiger charge is 2.40. The van der Waals surface area contributed by atoms with Crippen LogP contribution in [0.25, 0.3) is 0 Å². The van der Waals surface area contributed by atoms with Crippen molar-refractivity contribution in [2.24, 2.45) is 0 Å². The molecule has 0 bridgehead atoms. The van der Waals surface area contributed by atoms with E-state index >= 15 is 0 Å². The molecule has 0 aromatic heterocycles. The van der Waals surface area contributed by atoms with Crippen molar-refractivity contribution in [1.82, 2.24) is 4.90 Å². The monoisotopic (exact) mass is 263 g/mol. The molecule has 0 radical (unpaired) electrons. The van der Waals surface area contributed by atoms with E-state index in [9.17, 15) is 9.59 Å². The third-order valence-electron chi connectivity index (χ3n) is 3.24. The predicted molar refractivity (Wildman–Crippen MR) is 68.1 cm³/mol. The zero-order valence-electron chi connectivity index (χ0n) is 11.3. The molecule has 5 heteroatoms. The number of carbonyl (C=O) groups is 2. The van der Waals surface area contributed by atoms with Gasteiger partial charge in [0.05, 0.1) is 6.04 Å². The third-order valence-corrected chi connectivity index (χ3v) is 3.24. The van der Waals surface area contributed by atoms with E-state index in [0.29, 0.717) is 0 Å². The number of methoxy groups -OCH3 is 1. The summed E-state index contributed by atoms with van der Waals surface area (Å²) in [6, 6.07) is 7.36. The molecule has 0 saturated heterocycles. The Bertz CT molecular complexity index is 500. The zero-order valence-corrected chi connectivity index (χ0v) is 11.3. The Morgan fingerprint density at radius 2 is 1.84 bits per heavy atom. The molecule has 1 aliphatic rings. The number of nitrogens with zero attached hydrogens (tertiary/aromatic N) is 1. The van der Waals surface area contributed by atoms with Gasteiger partial charge in [0, 0.05) is 26.5 Å². The van der Waals surface area contributed by atoms with Crippen LogP contribution in [-0.4, -0.2) is 30.5 Å². The van der Waals surface area contributed by atoms with Gasteiger partial charge in [-0.2, -0.15) is 0 Å². The van der Waals surface area contributed by atoms with Crippen LogP contribution >= 0.6 is 0 Å². The van der Waals surface area contributed by atoms with Crippen molar-refractivity contribution in [3.05, 3.63) is 35.4 Å². The van der Waals surface area contributed by atoms with Gasteiger partial charge in [0.1, 0.15) is 6.61 Å². The molecule has 0 N–H and O–H groups in total. The van der Waals surface area contributed by atoms with Crippen LogP contribution in [-0.2, 0) is 19.1 Å². The number of benzene rings is 1. The Labute approximate surface area is 112 Å². The summed E-state index contributed by atoms with van der Waals surface area (Å²) in [5.41, 5.74) is 1.91. The molecule has 102 valence electrons. The predicted octanol–water partition coefficient (Wildman–Crippen LogP) is 1.80. The third kappa shape index (κ3) is 2.46. The molecule has 0 saturated carbocycles. The molecular formula is C14H17NO4. The normalized spacial score (nSPS) is 21.1. The second-order valence-electron chi connectivity index (χ2n) is 4.46. The minimum Gasteiger partial charge on any atom is -0.463 e. The van der Waals surface area contributed by atoms with E-state index in [0.717, 1.165) is 11.1 Å². The molecule has 1 aromatic rings. The second-order valence-corrected chi connectivity index (χ2v) is 4.46. The summed E-state index contributed by atoms with van der Waals surface area (Å²) in [5, 5.41) is 0. The highest BCUT2D eigenvalue weighted by molar-refractivity contribution is 5.75. The number of hydrogen-bond donors (Lipinski definition) is 0. The van der Waals surface area contributed by atoms with E-state index in [1.165, 1.54) is 13.8 Å². The van der Waals surface area contributed by atoms with Gasteiger partial charge in [-0.15, -0.1) is 0 Å². The summed E-state index contributed by atoms with van der Waals surface area (Å²) < 4.78 is 10.5. The van der Waals surface area contributed by atoms with Gasteiger partial charge in [-0.05, 0) is 5.56 Å². The van der Waals surface area contributed by atoms with Crippen molar-refractivity contribution in [2.45, 2.75) is 26.1 Å². The number of esters is 1. The fourth-order valence-electron chi connectivity index (χ4n) is 2.49. The average Bonchev–Trinajstić information content (AvgIpc) is 2.70. The molecular weight excluding hydrogens is 246 g/mol. The van der Waals surface area contributed by atoms with E-state index in [1.807, 2.05) is 24.3 Å². The molecule has 0 aliphatic carbocycles. The molecule has 0 fully saturated rings. The first-order valence-electron chi connectivity index (χ1n) is 6.10. The van der Waals surface area contributed by atoms with E-state index < -0.39 is 6.23 Å². The van der Waals surface area contributed by atoms with E-state index in [1.54, 1.807) is 12.0 Å². The molecule has 0 spiro atoms. The van der Waals surface area contributed by atoms with Crippen LogP contribution in [0, 0.1) is 0 Å². The fourth-order valence-corrected chi connectivity index (χ4v) is 2.49. The Morgan fingerprint density at radius 3 is 2.37 bits per heavy atom. The Balaban J connectivity index is 2.37. The van der Waals surface area contributed by atoms with Crippen molar-refractivity contribution in [3.63, 3.8) is 0 Å². The molecule has 19 heavy (non-hydrogen) atoms. The fraction of sp³-hybridized carbons (Fsp3) is 0.429. The molecule has 1 unspecified atom stereocenters. The number of hydrogen-bond acceptors (Lipinski definition) is 4. The minimum atomic E-state index is -0.422. The molecule has 1 heterocycles. The first kappa shape index (κ1) is 13.5. The Morgan fingerprint density at radius 1 is 1.21 bits per heavy atom. The zero-order chi connectivity index (χ0) is 14.0. The van der Waals surface area contributed by atoms with Crippen molar-refractivity contribution in [2.75, 3.05) is 13.7 Å². The highest BCUT2D eigenvalue weighted by Crippen LogP contribution is 2.42. The lowest BCUT2D eigenvalue weighted by Gasteiger charge is -2.28. The lowest BCUT2D eigenvalue weighted by molar-refractivity contribution is -0.153. The van der Waals surface area contributed by atoms with Crippen LogP contribution in [0.15, 0.2) is 24.3 Å². The highest BCUT2D eigenvalue weighted by atomic mass is 16.5. The lowest BCUT2D eigenvalue weighted by atomic mass is 10.1. The van der Waals surface area contributed by atoms with Crippen LogP contribution in [0.1, 0.15) is 37.2 Å². The number of amides is 1. The summed E-state index contributed by atoms with van der Waals surface area (Å²) in [6.45, 7) is 2.98. The van der Waals surface area contributed by atoms with E-state index in [2.05, 4.69) is 0 Å². The summed E-state index contributed by atoms with van der Waals surface area (Å²) in [7, 11) is 1.56. The van der Waals surface area contributed by atoms with Gasteiger partial charge in [-0.1, -0.05) is 24.3 Å². The van der Waals surface area contributed by atoms with Crippen LogP contribution in [0.4, 0.5) is 0 Å². The molecule has 2 rings (SSSR count). The van der Waals surface area contributed by atoms with Gasteiger partial charge >= 0.3 is 5.97 Å². The largest absolute Gasteiger partial charge is 0.463 e. The van der Waals surface area contributed by atoms with Crippen molar-refractivity contribution in [3.8, 4) is 0 Å². The summed E-state index contributed by atoms with van der Waals surface area (Å²) in [4.78, 5) is 24.4. The molecule has 1 aromatic carbocycles. The van der Waals surface area contributed by atoms with E-state index in [-0.39, 0.29) is 24.5 Å². The van der Waals surface area contributed by atoms with E-state index in [4.69, 9.17) is 9.47 Å². The molecule has 1 aliphatic heterocycles. The SMILES string of the molecule is COC1c2ccccc2[C@@H](COC(C)=O)N1C(C)=O. The van der Waals surface area contributed by atoms with Crippen LogP contribution in [0.3, 0.4) is 0 Å². The van der Waals surface area contributed by atoms with Crippen LogP contribution in [0.5, 0.6) is 0 Å². The van der Waals surface area contributed by atoms with Gasteiger partial charge in [0.25, 0.3) is 0 Å². The Kier molecular flexibility index (Phi) is 3.85. The lowest BCUT2D eigenvalue weighted by Crippen LogP contribution is -2.34. The van der Waals surface area contributed by atoms with Crippen LogP contribution < -0.4 is 0 Å². The summed E-state index contributed by atoms with van der Waals surface area (Å²) in [5.74, 6) is -0.470. The maximum atomic E-state index is 11.8. The molecule has 2 atom stereocenters. The van der Waals surface area contributed by atoms with Crippen molar-refractivity contribution >= 4 is 11.9 Å². The van der Waals surface area contributed by atoms with Crippen LogP contribution in [0.2, 0.25) is 0 Å².